The zero-order chi connectivity index (χ0) is 49.0. The minimum absolute atomic E-state index is 0.0441. The van der Waals surface area contributed by atoms with Crippen LogP contribution in [0.15, 0.2) is 48.6 Å². The van der Waals surface area contributed by atoms with Gasteiger partial charge in [0.2, 0.25) is 0 Å². The molecule has 0 heterocycles. The van der Waals surface area contributed by atoms with Crippen LogP contribution in [-0.2, 0) is 41.8 Å². The van der Waals surface area contributed by atoms with Gasteiger partial charge < -0.3 is 34.4 Å². The lowest BCUT2D eigenvalue weighted by atomic mass is 10.0. The van der Waals surface area contributed by atoms with Gasteiger partial charge >= 0.3 is 27.6 Å². The highest BCUT2D eigenvalue weighted by Gasteiger charge is 2.28. The summed E-state index contributed by atoms with van der Waals surface area (Å²) < 4.78 is 47.9. The molecule has 0 aromatic carbocycles. The van der Waals surface area contributed by atoms with Gasteiger partial charge in [-0.2, -0.15) is 0 Å². The Kier molecular flexibility index (Phi) is 42.9. The molecule has 0 aliphatic heterocycles. The second-order valence-corrected chi connectivity index (χ2v) is 20.5. The van der Waals surface area contributed by atoms with Gasteiger partial charge in [-0.15, -0.1) is 0 Å². The van der Waals surface area contributed by atoms with Crippen molar-refractivity contribution in [2.24, 2.45) is 5.92 Å². The smallest absolute Gasteiger partial charge is 0.462 e. The predicted octanol–water partition coefficient (Wildman–Crippen LogP) is 12.6. The maximum atomic E-state index is 12.7. The summed E-state index contributed by atoms with van der Waals surface area (Å²) in [6.45, 7) is 3.62. The molecule has 5 N–H and O–H groups in total. The first kappa shape index (κ1) is 64.0. The van der Waals surface area contributed by atoms with E-state index in [4.69, 9.17) is 28.3 Å². The molecule has 0 fully saturated rings. The topological polar surface area (TPSA) is 216 Å². The van der Waals surface area contributed by atoms with Gasteiger partial charge in [0.15, 0.2) is 6.10 Å². The van der Waals surface area contributed by atoms with E-state index in [2.05, 4.69) is 54.8 Å². The van der Waals surface area contributed by atoms with Crippen molar-refractivity contribution < 1.29 is 66.7 Å². The Morgan fingerprint density at radius 1 is 0.470 bits per heavy atom. The minimum atomic E-state index is -4.88. The maximum absolute atomic E-state index is 12.7. The maximum Gasteiger partial charge on any atom is 0.472 e. The quantitative estimate of drug-likeness (QED) is 0.0166. The highest BCUT2D eigenvalue weighted by Crippen LogP contribution is 2.44. The number of unbranched alkanes of at least 4 members (excludes halogenated alkanes) is 19. The molecule has 4 atom stereocenters. The summed E-state index contributed by atoms with van der Waals surface area (Å²) >= 11 is 0. The summed E-state index contributed by atoms with van der Waals surface area (Å²) in [6.07, 6.45) is 43.8. The van der Waals surface area contributed by atoms with E-state index in [-0.39, 0.29) is 18.9 Å². The summed E-state index contributed by atoms with van der Waals surface area (Å²) in [6, 6.07) is 0. The van der Waals surface area contributed by atoms with Gasteiger partial charge in [0.1, 0.15) is 12.7 Å². The molecule has 0 aromatic rings. The first-order chi connectivity index (χ1) is 31.6. The number of phosphoric acid groups is 2. The Bertz CT molecular complexity index is 1380. The van der Waals surface area contributed by atoms with Crippen LogP contribution >= 0.6 is 15.6 Å². The lowest BCUT2D eigenvalue weighted by Crippen LogP contribution is -2.29. The third-order valence-corrected chi connectivity index (χ3v) is 12.1. The largest absolute Gasteiger partial charge is 0.472 e. The number of aliphatic hydroxyl groups excluding tert-OH is 2. The highest BCUT2D eigenvalue weighted by atomic mass is 31.2. The number of hydrogen-bond donors (Lipinski definition) is 5. The van der Waals surface area contributed by atoms with Crippen molar-refractivity contribution in [3.63, 3.8) is 0 Å². The zero-order valence-corrected chi connectivity index (χ0v) is 42.9. The van der Waals surface area contributed by atoms with E-state index < -0.39 is 66.2 Å². The number of rotatable bonds is 47. The summed E-state index contributed by atoms with van der Waals surface area (Å²) in [5.74, 6) is -0.277. The minimum Gasteiger partial charge on any atom is -0.462 e. The molecule has 0 radical (unpaired) electrons. The molecule has 0 saturated heterocycles. The molecule has 16 heteroatoms. The van der Waals surface area contributed by atoms with Gasteiger partial charge in [0, 0.05) is 12.8 Å². The van der Waals surface area contributed by atoms with Crippen LogP contribution < -0.4 is 0 Å². The zero-order valence-electron chi connectivity index (χ0n) is 41.1. The van der Waals surface area contributed by atoms with Gasteiger partial charge in [-0.3, -0.25) is 23.2 Å². The van der Waals surface area contributed by atoms with Gasteiger partial charge in [-0.25, -0.2) is 9.13 Å². The van der Waals surface area contributed by atoms with Crippen LogP contribution in [-0.4, -0.2) is 81.6 Å². The van der Waals surface area contributed by atoms with Crippen LogP contribution in [0.1, 0.15) is 207 Å². The van der Waals surface area contributed by atoms with E-state index in [0.717, 1.165) is 63.7 Å². The summed E-state index contributed by atoms with van der Waals surface area (Å²) in [5.41, 5.74) is 0. The first-order valence-electron chi connectivity index (χ1n) is 25.2. The summed E-state index contributed by atoms with van der Waals surface area (Å²) in [4.78, 5) is 52.9. The van der Waals surface area contributed by atoms with Crippen molar-refractivity contribution in [3.05, 3.63) is 48.6 Å². The summed E-state index contributed by atoms with van der Waals surface area (Å²) in [7, 11) is -9.71. The lowest BCUT2D eigenvalue weighted by molar-refractivity contribution is -0.161. The molecule has 66 heavy (non-hydrogen) atoms. The lowest BCUT2D eigenvalue weighted by Gasteiger charge is -2.20. The van der Waals surface area contributed by atoms with E-state index in [0.29, 0.717) is 19.3 Å². The number of phosphoric ester groups is 2. The Hall–Kier alpha value is -1.96. The Morgan fingerprint density at radius 3 is 1.35 bits per heavy atom. The van der Waals surface area contributed by atoms with Crippen molar-refractivity contribution >= 4 is 27.6 Å². The molecule has 386 valence electrons. The SMILES string of the molecule is CC(C)CCCCCCCCCCCCCCCCCCCCC(=O)OC[C@H](COP(=O)(O)OC[C@@H](O)COP(=O)(O)O)OC(=O)CCC/C=C\C/C=C\C/C=C\C/C=C\CCC[C@H](C)O. The molecule has 1 unspecified atom stereocenters. The van der Waals surface area contributed by atoms with Crippen LogP contribution in [0.4, 0.5) is 0 Å². The van der Waals surface area contributed by atoms with Gasteiger partial charge in [0.05, 0.1) is 25.9 Å². The van der Waals surface area contributed by atoms with Gasteiger partial charge in [0.25, 0.3) is 0 Å². The molecule has 0 aliphatic rings. The second-order valence-electron chi connectivity index (χ2n) is 17.9. The van der Waals surface area contributed by atoms with Crippen molar-refractivity contribution in [2.75, 3.05) is 26.4 Å². The third kappa shape index (κ3) is 49.9. The molecule has 0 bridgehead atoms. The third-order valence-electron chi connectivity index (χ3n) is 10.7. The Morgan fingerprint density at radius 2 is 0.879 bits per heavy atom. The fourth-order valence-electron chi connectivity index (χ4n) is 6.84. The molecule has 0 saturated carbocycles. The second kappa shape index (κ2) is 44.3. The van der Waals surface area contributed by atoms with Crippen molar-refractivity contribution in [2.45, 2.75) is 225 Å². The monoisotopic (exact) mass is 979 g/mol. The number of carbonyl (C=O) groups excluding carboxylic acids is 2. The fourth-order valence-corrected chi connectivity index (χ4v) is 8.00. The van der Waals surface area contributed by atoms with Gasteiger partial charge in [-0.05, 0) is 70.6 Å². The van der Waals surface area contributed by atoms with Gasteiger partial charge in [-0.1, -0.05) is 178 Å². The molecular formula is C50H92O14P2. The molecule has 14 nitrogen and oxygen atoms in total. The Balaban J connectivity index is 4.46. The molecule has 0 aliphatic carbocycles. The van der Waals surface area contributed by atoms with Crippen LogP contribution in [0.2, 0.25) is 0 Å². The van der Waals surface area contributed by atoms with Crippen LogP contribution in [0.25, 0.3) is 0 Å². The molecule has 0 aromatic heterocycles. The van der Waals surface area contributed by atoms with E-state index in [1.165, 1.54) is 96.3 Å². The molecule has 0 rings (SSSR count). The van der Waals surface area contributed by atoms with Crippen molar-refractivity contribution in [1.82, 2.24) is 0 Å². The first-order valence-corrected chi connectivity index (χ1v) is 28.2. The summed E-state index contributed by atoms with van der Waals surface area (Å²) in [5, 5.41) is 19.1. The molecular weight excluding hydrogens is 886 g/mol. The van der Waals surface area contributed by atoms with E-state index in [1.807, 2.05) is 12.2 Å². The molecule has 0 spiro atoms. The number of carbonyl (C=O) groups is 2. The number of hydrogen-bond acceptors (Lipinski definition) is 11. The van der Waals surface area contributed by atoms with Crippen LogP contribution in [0.3, 0.4) is 0 Å². The number of esters is 2. The number of ether oxygens (including phenoxy) is 2. The van der Waals surface area contributed by atoms with Crippen LogP contribution in [0, 0.1) is 5.92 Å². The number of aliphatic hydroxyl groups is 2. The van der Waals surface area contributed by atoms with E-state index in [9.17, 15) is 33.8 Å². The highest BCUT2D eigenvalue weighted by molar-refractivity contribution is 7.47. The Labute approximate surface area is 399 Å². The average Bonchev–Trinajstić information content (AvgIpc) is 3.25. The van der Waals surface area contributed by atoms with Crippen LogP contribution in [0.5, 0.6) is 0 Å². The predicted molar refractivity (Wildman–Crippen MR) is 264 cm³/mol. The van der Waals surface area contributed by atoms with E-state index >= 15 is 0 Å². The standard InChI is InChI=1S/C50H92O14P2/c1-45(2)37-33-29-25-21-17-13-9-6-4-5-7-11-15-19-23-27-31-35-39-49(53)60-43-48(44-63-66(58,59)62-42-47(52)41-61-65(55,56)57)64-50(54)40-36-32-28-24-20-16-12-8-10-14-18-22-26-30-34-38-46(3)51/h10,12,14,16,22,24,26,28,45-48,51-52H,4-9,11,13,15,17-21,23,25,27,29-44H2,1-3H3,(H,58,59)(H2,55,56,57)/b14-10-,16-12-,26-22-,28-24-/t46-,47-,48+/m0/s1. The van der Waals surface area contributed by atoms with E-state index in [1.54, 1.807) is 6.92 Å². The fraction of sp³-hybridized carbons (Fsp3) is 0.800. The number of allylic oxidation sites excluding steroid dienone is 8. The normalized spacial score (nSPS) is 14.8. The average molecular weight is 979 g/mol. The van der Waals surface area contributed by atoms with Crippen molar-refractivity contribution in [3.8, 4) is 0 Å². The van der Waals surface area contributed by atoms with Crippen molar-refractivity contribution in [1.29, 1.82) is 0 Å². The molecule has 0 amide bonds.